The van der Waals surface area contributed by atoms with Gasteiger partial charge in [0.1, 0.15) is 0 Å². The third-order valence-corrected chi connectivity index (χ3v) is 2.43. The molecule has 1 aromatic carbocycles. The number of aromatic nitrogens is 4. The number of allylic oxidation sites excluding steroid dienone is 1. The van der Waals surface area contributed by atoms with E-state index in [0.29, 0.717) is 11.5 Å². The van der Waals surface area contributed by atoms with Gasteiger partial charge in [0.2, 0.25) is 5.91 Å². The zero-order valence-electron chi connectivity index (χ0n) is 11.1. The molecule has 0 saturated heterocycles. The zero-order valence-corrected chi connectivity index (χ0v) is 11.1. The molecule has 2 aromatic rings. The van der Waals surface area contributed by atoms with E-state index in [2.05, 4.69) is 20.8 Å². The quantitative estimate of drug-likeness (QED) is 0.851. The van der Waals surface area contributed by atoms with Crippen LogP contribution in [0.15, 0.2) is 35.9 Å². The molecule has 1 heterocycles. The first-order valence-electron chi connectivity index (χ1n) is 5.85. The first-order valence-corrected chi connectivity index (χ1v) is 5.85. The standard InChI is InChI=1S/C13H15N5O/c1-9(2)7-12(19)14-11-6-4-5-10(8-11)13-15-16-17-18(13)3/h4-8H,1-3H3,(H,14,19). The molecule has 0 atom stereocenters. The molecule has 6 heteroatoms. The highest BCUT2D eigenvalue weighted by atomic mass is 16.1. The monoisotopic (exact) mass is 257 g/mol. The Hall–Kier alpha value is -2.50. The van der Waals surface area contributed by atoms with Crippen LogP contribution < -0.4 is 5.32 Å². The molecule has 0 radical (unpaired) electrons. The largest absolute Gasteiger partial charge is 0.322 e. The molecule has 1 amide bonds. The Labute approximate surface area is 111 Å². The van der Waals surface area contributed by atoms with Crippen molar-refractivity contribution in [3.05, 3.63) is 35.9 Å². The number of carbonyl (C=O) groups excluding carboxylic acids is 1. The SMILES string of the molecule is CC(C)=CC(=O)Nc1cccc(-c2nnnn2C)c1. The summed E-state index contributed by atoms with van der Waals surface area (Å²) in [5.74, 6) is 0.506. The summed E-state index contributed by atoms with van der Waals surface area (Å²) in [5, 5.41) is 14.1. The third kappa shape index (κ3) is 3.25. The van der Waals surface area contributed by atoms with Crippen LogP contribution >= 0.6 is 0 Å². The number of amides is 1. The summed E-state index contributed by atoms with van der Waals surface area (Å²) in [6, 6.07) is 7.40. The molecule has 0 fully saturated rings. The van der Waals surface area contributed by atoms with Gasteiger partial charge in [-0.05, 0) is 36.4 Å². The number of hydrogen-bond donors (Lipinski definition) is 1. The van der Waals surface area contributed by atoms with Gasteiger partial charge in [-0.2, -0.15) is 0 Å². The maximum Gasteiger partial charge on any atom is 0.248 e. The lowest BCUT2D eigenvalue weighted by molar-refractivity contribution is -0.111. The van der Waals surface area contributed by atoms with E-state index in [0.717, 1.165) is 11.1 Å². The van der Waals surface area contributed by atoms with Crippen LogP contribution in [0.2, 0.25) is 0 Å². The summed E-state index contributed by atoms with van der Waals surface area (Å²) in [6.07, 6.45) is 1.55. The summed E-state index contributed by atoms with van der Waals surface area (Å²) >= 11 is 0. The normalized spacial score (nSPS) is 10.1. The Morgan fingerprint density at radius 3 is 2.79 bits per heavy atom. The molecule has 0 aliphatic carbocycles. The van der Waals surface area contributed by atoms with E-state index in [1.165, 1.54) is 0 Å². The fraction of sp³-hybridized carbons (Fsp3) is 0.231. The third-order valence-electron chi connectivity index (χ3n) is 2.43. The van der Waals surface area contributed by atoms with Crippen LogP contribution in [0.25, 0.3) is 11.4 Å². The van der Waals surface area contributed by atoms with Crippen molar-refractivity contribution in [3.8, 4) is 11.4 Å². The second-order valence-corrected chi connectivity index (χ2v) is 4.42. The second kappa shape index (κ2) is 5.43. The lowest BCUT2D eigenvalue weighted by Gasteiger charge is -2.05. The highest BCUT2D eigenvalue weighted by Gasteiger charge is 2.07. The minimum atomic E-state index is -0.145. The van der Waals surface area contributed by atoms with Crippen molar-refractivity contribution in [3.63, 3.8) is 0 Å². The van der Waals surface area contributed by atoms with Gasteiger partial charge in [-0.3, -0.25) is 4.79 Å². The van der Waals surface area contributed by atoms with Gasteiger partial charge >= 0.3 is 0 Å². The van der Waals surface area contributed by atoms with Crippen molar-refractivity contribution in [1.29, 1.82) is 0 Å². The maximum atomic E-state index is 11.7. The Morgan fingerprint density at radius 2 is 2.16 bits per heavy atom. The molecule has 2 rings (SSSR count). The van der Waals surface area contributed by atoms with Crippen LogP contribution in [0.1, 0.15) is 13.8 Å². The second-order valence-electron chi connectivity index (χ2n) is 4.42. The molecule has 0 unspecified atom stereocenters. The summed E-state index contributed by atoms with van der Waals surface area (Å²) < 4.78 is 1.58. The molecule has 0 aliphatic heterocycles. The Balaban J connectivity index is 2.23. The lowest BCUT2D eigenvalue weighted by atomic mass is 10.2. The van der Waals surface area contributed by atoms with Crippen molar-refractivity contribution >= 4 is 11.6 Å². The van der Waals surface area contributed by atoms with Gasteiger partial charge in [0.05, 0.1) is 0 Å². The molecule has 0 bridgehead atoms. The fourth-order valence-electron chi connectivity index (χ4n) is 1.65. The average molecular weight is 257 g/mol. The number of aryl methyl sites for hydroxylation is 1. The topological polar surface area (TPSA) is 72.7 Å². The van der Waals surface area contributed by atoms with Gasteiger partial charge in [-0.1, -0.05) is 17.7 Å². The van der Waals surface area contributed by atoms with Crippen LogP contribution in [0.3, 0.4) is 0 Å². The summed E-state index contributed by atoms with van der Waals surface area (Å²) in [5.41, 5.74) is 2.51. The number of tetrazole rings is 1. The van der Waals surface area contributed by atoms with E-state index in [1.54, 1.807) is 17.8 Å². The Morgan fingerprint density at radius 1 is 1.37 bits per heavy atom. The van der Waals surface area contributed by atoms with E-state index < -0.39 is 0 Å². The number of anilines is 1. The summed E-state index contributed by atoms with van der Waals surface area (Å²) in [4.78, 5) is 11.7. The van der Waals surface area contributed by atoms with Gasteiger partial charge in [0.15, 0.2) is 5.82 Å². The molecule has 1 aromatic heterocycles. The van der Waals surface area contributed by atoms with Gasteiger partial charge in [-0.25, -0.2) is 4.68 Å². The Bertz CT molecular complexity index is 625. The number of benzene rings is 1. The Kier molecular flexibility index (Phi) is 3.70. The average Bonchev–Trinajstić information content (AvgIpc) is 2.74. The summed E-state index contributed by atoms with van der Waals surface area (Å²) in [7, 11) is 1.77. The first kappa shape index (κ1) is 12.9. The molecule has 1 N–H and O–H groups in total. The molecule has 0 aliphatic rings. The molecular formula is C13H15N5O. The molecule has 0 spiro atoms. The lowest BCUT2D eigenvalue weighted by Crippen LogP contribution is -2.08. The van der Waals surface area contributed by atoms with Crippen molar-refractivity contribution < 1.29 is 4.79 Å². The number of nitrogens with zero attached hydrogens (tertiary/aromatic N) is 4. The molecule has 19 heavy (non-hydrogen) atoms. The van der Waals surface area contributed by atoms with Crippen molar-refractivity contribution in [2.45, 2.75) is 13.8 Å². The zero-order chi connectivity index (χ0) is 13.8. The van der Waals surface area contributed by atoms with Crippen LogP contribution in [0.5, 0.6) is 0 Å². The molecule has 6 nitrogen and oxygen atoms in total. The predicted octanol–water partition coefficient (Wildman–Crippen LogP) is 1.78. The maximum absolute atomic E-state index is 11.7. The van der Waals surface area contributed by atoms with Gasteiger partial charge in [-0.15, -0.1) is 5.10 Å². The van der Waals surface area contributed by atoms with E-state index in [1.807, 2.05) is 38.1 Å². The predicted molar refractivity (Wildman–Crippen MR) is 72.3 cm³/mol. The molecular weight excluding hydrogens is 242 g/mol. The van der Waals surface area contributed by atoms with Crippen LogP contribution in [0, 0.1) is 0 Å². The van der Waals surface area contributed by atoms with E-state index >= 15 is 0 Å². The van der Waals surface area contributed by atoms with Crippen LogP contribution in [-0.2, 0) is 11.8 Å². The highest BCUT2D eigenvalue weighted by molar-refractivity contribution is 5.99. The minimum absolute atomic E-state index is 0.145. The van der Waals surface area contributed by atoms with Crippen molar-refractivity contribution in [2.75, 3.05) is 5.32 Å². The minimum Gasteiger partial charge on any atom is -0.322 e. The van der Waals surface area contributed by atoms with Crippen LogP contribution in [0.4, 0.5) is 5.69 Å². The summed E-state index contributed by atoms with van der Waals surface area (Å²) in [6.45, 7) is 3.75. The van der Waals surface area contributed by atoms with Gasteiger partial charge in [0.25, 0.3) is 0 Å². The number of rotatable bonds is 3. The van der Waals surface area contributed by atoms with Gasteiger partial charge in [0, 0.05) is 24.4 Å². The smallest absolute Gasteiger partial charge is 0.248 e. The van der Waals surface area contributed by atoms with Crippen molar-refractivity contribution in [2.24, 2.45) is 7.05 Å². The number of nitrogens with one attached hydrogen (secondary N) is 1. The highest BCUT2D eigenvalue weighted by Crippen LogP contribution is 2.19. The molecule has 98 valence electrons. The molecule has 0 saturated carbocycles. The first-order chi connectivity index (χ1) is 9.06. The van der Waals surface area contributed by atoms with Crippen molar-refractivity contribution in [1.82, 2.24) is 20.2 Å². The van der Waals surface area contributed by atoms with E-state index in [4.69, 9.17) is 0 Å². The van der Waals surface area contributed by atoms with Crippen LogP contribution in [-0.4, -0.2) is 26.1 Å². The van der Waals surface area contributed by atoms with E-state index in [9.17, 15) is 4.79 Å². The number of carbonyl (C=O) groups is 1. The number of hydrogen-bond acceptors (Lipinski definition) is 4. The van der Waals surface area contributed by atoms with E-state index in [-0.39, 0.29) is 5.91 Å². The van der Waals surface area contributed by atoms with Gasteiger partial charge < -0.3 is 5.32 Å². The fourth-order valence-corrected chi connectivity index (χ4v) is 1.65.